The van der Waals surface area contributed by atoms with Gasteiger partial charge in [-0.2, -0.15) is 0 Å². The van der Waals surface area contributed by atoms with Gasteiger partial charge in [-0.25, -0.2) is 0 Å². The maximum atomic E-state index is 13.1. The van der Waals surface area contributed by atoms with Crippen molar-refractivity contribution in [2.75, 3.05) is 0 Å². The number of benzene rings is 1. The Bertz CT molecular complexity index is 1270. The van der Waals surface area contributed by atoms with Gasteiger partial charge in [0.1, 0.15) is 0 Å². The molecule has 2 nitrogen and oxygen atoms in total. The van der Waals surface area contributed by atoms with Crippen molar-refractivity contribution in [1.29, 1.82) is 0 Å². The van der Waals surface area contributed by atoms with Gasteiger partial charge in [-0.05, 0) is 73.0 Å². The number of hydrogen-bond acceptors (Lipinski definition) is 2. The Labute approximate surface area is 362 Å². The molecule has 334 valence electrons. The second-order valence-corrected chi connectivity index (χ2v) is 21.5. The summed E-state index contributed by atoms with van der Waals surface area (Å²) in [6, 6.07) is 7.29. The molecule has 0 radical (unpaired) electrons. The Balaban J connectivity index is 1.42. The van der Waals surface area contributed by atoms with E-state index in [1.807, 2.05) is 19.1 Å². The van der Waals surface area contributed by atoms with Gasteiger partial charge in [0.2, 0.25) is 0 Å². The molecule has 0 saturated heterocycles. The van der Waals surface area contributed by atoms with E-state index in [2.05, 4.69) is 69.2 Å². The van der Waals surface area contributed by atoms with Crippen LogP contribution >= 0.6 is 0 Å². The van der Waals surface area contributed by atoms with Crippen molar-refractivity contribution in [3.63, 3.8) is 0 Å². The van der Waals surface area contributed by atoms with Gasteiger partial charge >= 0.3 is 0 Å². The Hall–Kier alpha value is -1.70. The number of fused-ring (bicyclic) bond motifs is 1. The lowest BCUT2D eigenvalue weighted by molar-refractivity contribution is 0.0971. The van der Waals surface area contributed by atoms with Crippen molar-refractivity contribution in [2.45, 2.75) is 243 Å². The van der Waals surface area contributed by atoms with Crippen LogP contribution in [0, 0.1) is 53.3 Å². The smallest absolute Gasteiger partial charge is 0.190 e. The highest BCUT2D eigenvalue weighted by Gasteiger charge is 2.29. The Kier molecular flexibility index (Phi) is 27.4. The minimum Gasteiger partial charge on any atom is -0.289 e. The highest BCUT2D eigenvalue weighted by atomic mass is 16.1. The largest absolute Gasteiger partial charge is 0.289 e. The summed E-state index contributed by atoms with van der Waals surface area (Å²) in [6.07, 6.45) is 35.3. The molecular formula is C56H98O2. The SMILES string of the molecule is CC1=C(CCC(C)CCCC(C)CCCC(C)CCCC(C)CCCC(C)CCCC(C)CCCC(C)CCCC(C)CCCC(C)C)C(=O)c2ccccc2C1=O. The predicted octanol–water partition coefficient (Wildman–Crippen LogP) is 18.3. The molecule has 0 spiro atoms. The third kappa shape index (κ3) is 22.8. The zero-order valence-electron chi connectivity index (χ0n) is 40.7. The summed E-state index contributed by atoms with van der Waals surface area (Å²) in [5.74, 6) is 7.68. The summed E-state index contributed by atoms with van der Waals surface area (Å²) in [5, 5.41) is 0. The van der Waals surface area contributed by atoms with E-state index in [-0.39, 0.29) is 11.6 Å². The average Bonchev–Trinajstić information content (AvgIpc) is 3.17. The van der Waals surface area contributed by atoms with E-state index in [1.54, 1.807) is 12.1 Å². The van der Waals surface area contributed by atoms with Crippen LogP contribution in [0.5, 0.6) is 0 Å². The van der Waals surface area contributed by atoms with Crippen molar-refractivity contribution in [1.82, 2.24) is 0 Å². The number of rotatable bonds is 35. The van der Waals surface area contributed by atoms with E-state index >= 15 is 0 Å². The van der Waals surface area contributed by atoms with Gasteiger partial charge < -0.3 is 0 Å². The summed E-state index contributed by atoms with van der Waals surface area (Å²) < 4.78 is 0. The van der Waals surface area contributed by atoms with E-state index in [4.69, 9.17) is 0 Å². The third-order valence-corrected chi connectivity index (χ3v) is 14.6. The molecule has 1 aromatic rings. The van der Waals surface area contributed by atoms with E-state index in [0.717, 1.165) is 65.8 Å². The molecule has 0 heterocycles. The average molecular weight is 803 g/mol. The quantitative estimate of drug-likeness (QED) is 0.0685. The third-order valence-electron chi connectivity index (χ3n) is 14.6. The van der Waals surface area contributed by atoms with Crippen molar-refractivity contribution in [3.8, 4) is 0 Å². The lowest BCUT2D eigenvalue weighted by Crippen LogP contribution is -2.21. The Morgan fingerprint density at radius 2 is 0.586 bits per heavy atom. The number of carbonyl (C=O) groups excluding carboxylic acids is 2. The van der Waals surface area contributed by atoms with Crippen molar-refractivity contribution >= 4 is 11.6 Å². The van der Waals surface area contributed by atoms with Gasteiger partial charge in [-0.3, -0.25) is 9.59 Å². The fraction of sp³-hybridized carbons (Fsp3) is 0.821. The van der Waals surface area contributed by atoms with Crippen LogP contribution in [0.3, 0.4) is 0 Å². The molecule has 2 heteroatoms. The standard InChI is InChI=1S/C56H98O2/c1-42(2)22-14-23-43(3)24-15-25-44(4)26-16-27-45(5)28-17-29-46(6)30-18-31-47(7)32-19-33-48(8)34-20-35-49(9)36-21-37-50(10)40-41-52-51(11)55(57)53-38-12-13-39-54(53)56(52)58/h12-13,38-39,42-50H,14-37,40-41H2,1-11H3. The molecule has 1 aliphatic rings. The molecule has 8 atom stereocenters. The number of carbonyl (C=O) groups is 2. The van der Waals surface area contributed by atoms with Crippen molar-refractivity contribution in [2.24, 2.45) is 53.3 Å². The summed E-state index contributed by atoms with van der Waals surface area (Å²) in [6.45, 7) is 26.3. The molecule has 0 bridgehead atoms. The second kappa shape index (κ2) is 30.3. The molecule has 58 heavy (non-hydrogen) atoms. The summed E-state index contributed by atoms with van der Waals surface area (Å²) in [7, 11) is 0. The first kappa shape index (κ1) is 52.4. The number of allylic oxidation sites excluding steroid dienone is 2. The first-order chi connectivity index (χ1) is 27.7. The molecule has 0 fully saturated rings. The normalized spacial score (nSPS) is 17.6. The minimum atomic E-state index is 0.0285. The van der Waals surface area contributed by atoms with E-state index < -0.39 is 0 Å². The lowest BCUT2D eigenvalue weighted by atomic mass is 9.81. The number of Topliss-reactive ketones (excluding diaryl/α,β-unsaturated/α-hetero) is 2. The van der Waals surface area contributed by atoms with Crippen LogP contribution in [0.25, 0.3) is 0 Å². The number of ketones is 2. The van der Waals surface area contributed by atoms with Crippen LogP contribution < -0.4 is 0 Å². The van der Waals surface area contributed by atoms with Gasteiger partial charge in [-0.15, -0.1) is 0 Å². The maximum absolute atomic E-state index is 13.1. The topological polar surface area (TPSA) is 34.1 Å². The Morgan fingerprint density at radius 3 is 0.862 bits per heavy atom. The van der Waals surface area contributed by atoms with Crippen molar-refractivity contribution in [3.05, 3.63) is 46.5 Å². The molecule has 0 aromatic heterocycles. The molecule has 0 saturated carbocycles. The van der Waals surface area contributed by atoms with E-state index in [1.165, 1.54) is 154 Å². The molecule has 2 rings (SSSR count). The van der Waals surface area contributed by atoms with Crippen LogP contribution in [0.1, 0.15) is 264 Å². The Morgan fingerprint density at radius 1 is 0.345 bits per heavy atom. The predicted molar refractivity (Wildman–Crippen MR) is 256 cm³/mol. The van der Waals surface area contributed by atoms with Gasteiger partial charge in [0.05, 0.1) is 0 Å². The highest BCUT2D eigenvalue weighted by molar-refractivity contribution is 6.26. The highest BCUT2D eigenvalue weighted by Crippen LogP contribution is 2.31. The molecule has 0 N–H and O–H groups in total. The number of hydrogen-bond donors (Lipinski definition) is 0. The van der Waals surface area contributed by atoms with Gasteiger partial charge in [-0.1, -0.05) is 248 Å². The maximum Gasteiger partial charge on any atom is 0.190 e. The molecule has 0 aliphatic heterocycles. The molecular weight excluding hydrogens is 705 g/mol. The van der Waals surface area contributed by atoms with Gasteiger partial charge in [0.15, 0.2) is 11.6 Å². The molecule has 0 amide bonds. The van der Waals surface area contributed by atoms with Crippen LogP contribution in [0.15, 0.2) is 35.4 Å². The zero-order valence-corrected chi connectivity index (χ0v) is 40.7. The zero-order chi connectivity index (χ0) is 42.9. The monoisotopic (exact) mass is 803 g/mol. The first-order valence-electron chi connectivity index (χ1n) is 25.6. The van der Waals surface area contributed by atoms with Gasteiger partial charge in [0, 0.05) is 22.3 Å². The second-order valence-electron chi connectivity index (χ2n) is 21.5. The molecule has 1 aromatic carbocycles. The van der Waals surface area contributed by atoms with Crippen LogP contribution in [0.2, 0.25) is 0 Å². The fourth-order valence-electron chi connectivity index (χ4n) is 9.98. The van der Waals surface area contributed by atoms with E-state index in [9.17, 15) is 9.59 Å². The first-order valence-corrected chi connectivity index (χ1v) is 25.6. The minimum absolute atomic E-state index is 0.0285. The van der Waals surface area contributed by atoms with Crippen LogP contribution in [-0.4, -0.2) is 11.6 Å². The lowest BCUT2D eigenvalue weighted by Gasteiger charge is -2.20. The summed E-state index contributed by atoms with van der Waals surface area (Å²) in [5.41, 5.74) is 2.56. The van der Waals surface area contributed by atoms with Gasteiger partial charge in [0.25, 0.3) is 0 Å². The van der Waals surface area contributed by atoms with Crippen LogP contribution in [-0.2, 0) is 0 Å². The van der Waals surface area contributed by atoms with Crippen LogP contribution in [0.4, 0.5) is 0 Å². The molecule has 8 unspecified atom stereocenters. The fourth-order valence-corrected chi connectivity index (χ4v) is 9.98. The summed E-state index contributed by atoms with van der Waals surface area (Å²) in [4.78, 5) is 25.9. The van der Waals surface area contributed by atoms with Crippen molar-refractivity contribution < 1.29 is 9.59 Å². The van der Waals surface area contributed by atoms with E-state index in [0.29, 0.717) is 22.6 Å². The summed E-state index contributed by atoms with van der Waals surface area (Å²) >= 11 is 0. The molecule has 1 aliphatic carbocycles.